The van der Waals surface area contributed by atoms with Crippen LogP contribution in [0.25, 0.3) is 11.5 Å². The summed E-state index contributed by atoms with van der Waals surface area (Å²) in [5, 5.41) is 14.2. The van der Waals surface area contributed by atoms with Crippen LogP contribution in [0.15, 0.2) is 23.1 Å². The Kier molecular flexibility index (Phi) is 4.64. The van der Waals surface area contributed by atoms with Crippen LogP contribution in [-0.2, 0) is 4.79 Å². The average molecular weight is 358 g/mol. The zero-order valence-corrected chi connectivity index (χ0v) is 14.7. The molecular weight excluding hydrogens is 336 g/mol. The summed E-state index contributed by atoms with van der Waals surface area (Å²) in [6, 6.07) is 0.177. The highest BCUT2D eigenvalue weighted by atomic mass is 16.5. The second-order valence-electron chi connectivity index (χ2n) is 6.89. The van der Waals surface area contributed by atoms with Crippen LogP contribution in [0, 0.1) is 0 Å². The molecule has 2 unspecified atom stereocenters. The van der Waals surface area contributed by atoms with E-state index in [-0.39, 0.29) is 11.9 Å². The summed E-state index contributed by atoms with van der Waals surface area (Å²) in [7, 11) is 0. The van der Waals surface area contributed by atoms with Crippen molar-refractivity contribution in [2.45, 2.75) is 44.4 Å². The molecule has 0 aliphatic carbocycles. The fourth-order valence-electron chi connectivity index (χ4n) is 3.89. The maximum absolute atomic E-state index is 11.5. The average Bonchev–Trinajstić information content (AvgIpc) is 3.29. The Bertz CT molecular complexity index is 759. The lowest BCUT2D eigenvalue weighted by molar-refractivity contribution is -0.130. The first-order valence-electron chi connectivity index (χ1n) is 8.91. The maximum Gasteiger partial charge on any atom is 0.244 e. The van der Waals surface area contributed by atoms with Gasteiger partial charge in [0.2, 0.25) is 17.6 Å². The Balaban J connectivity index is 1.50. The second-order valence-corrected chi connectivity index (χ2v) is 6.89. The van der Waals surface area contributed by atoms with E-state index in [1.165, 1.54) is 0 Å². The van der Waals surface area contributed by atoms with Crippen molar-refractivity contribution < 1.29 is 14.4 Å². The fraction of sp³-hybridized carbons (Fsp3) is 0.588. The van der Waals surface area contributed by atoms with Gasteiger partial charge in [-0.25, -0.2) is 4.98 Å². The fourth-order valence-corrected chi connectivity index (χ4v) is 3.89. The van der Waals surface area contributed by atoms with E-state index in [4.69, 9.17) is 4.52 Å². The third-order valence-corrected chi connectivity index (χ3v) is 5.22. The van der Waals surface area contributed by atoms with Crippen LogP contribution < -0.4 is 0 Å². The van der Waals surface area contributed by atoms with Crippen molar-refractivity contribution in [3.05, 3.63) is 24.5 Å². The van der Waals surface area contributed by atoms with Gasteiger partial charge in [-0.3, -0.25) is 14.7 Å². The quantitative estimate of drug-likeness (QED) is 0.852. The van der Waals surface area contributed by atoms with Gasteiger partial charge in [0.1, 0.15) is 5.69 Å². The summed E-state index contributed by atoms with van der Waals surface area (Å²) in [6.45, 7) is 3.68. The lowest BCUT2D eigenvalue weighted by atomic mass is 10.0. The van der Waals surface area contributed by atoms with Gasteiger partial charge in [0.15, 0.2) is 0 Å². The van der Waals surface area contributed by atoms with Gasteiger partial charge in [0.25, 0.3) is 0 Å². The molecule has 0 saturated carbocycles. The Morgan fingerprint density at radius 1 is 1.31 bits per heavy atom. The van der Waals surface area contributed by atoms with Crippen LogP contribution in [-0.4, -0.2) is 72.7 Å². The summed E-state index contributed by atoms with van der Waals surface area (Å²) in [5.74, 6) is 1.02. The molecule has 0 bridgehead atoms. The van der Waals surface area contributed by atoms with Crippen LogP contribution in [0.3, 0.4) is 0 Å². The summed E-state index contributed by atoms with van der Waals surface area (Å²) in [5.41, 5.74) is 0.558. The van der Waals surface area contributed by atoms with E-state index in [1.54, 1.807) is 25.5 Å². The number of aromatic nitrogens is 4. The number of β-amino-alcohol motifs (C(OH)–C–C–N with tert-alkyl or cyclic N) is 1. The molecule has 0 radical (unpaired) electrons. The van der Waals surface area contributed by atoms with Gasteiger partial charge in [-0.1, -0.05) is 5.16 Å². The standard InChI is InChI=1S/C17H22N6O3/c1-11(24)22-6-2-12(3-7-22)23-10-13(25)8-15(23)17-20-16(21-26-17)14-9-18-4-5-19-14/h4-5,9,12-13,15,25H,2-3,6-8,10H2,1H3. The number of rotatable bonds is 3. The van der Waals surface area contributed by atoms with Crippen molar-refractivity contribution in [3.63, 3.8) is 0 Å². The van der Waals surface area contributed by atoms with E-state index in [0.717, 1.165) is 25.9 Å². The SMILES string of the molecule is CC(=O)N1CCC(N2CC(O)CC2c2nc(-c3cnccn3)no2)CC1. The summed E-state index contributed by atoms with van der Waals surface area (Å²) >= 11 is 0. The number of likely N-dealkylation sites (tertiary alicyclic amines) is 2. The van der Waals surface area contributed by atoms with E-state index in [2.05, 4.69) is 25.0 Å². The monoisotopic (exact) mass is 358 g/mol. The minimum absolute atomic E-state index is 0.114. The van der Waals surface area contributed by atoms with E-state index in [9.17, 15) is 9.90 Å². The first kappa shape index (κ1) is 17.0. The minimum atomic E-state index is -0.419. The number of nitrogens with zero attached hydrogens (tertiary/aromatic N) is 6. The van der Waals surface area contributed by atoms with Gasteiger partial charge in [0, 0.05) is 45.0 Å². The highest BCUT2D eigenvalue weighted by Crippen LogP contribution is 2.36. The third-order valence-electron chi connectivity index (χ3n) is 5.22. The summed E-state index contributed by atoms with van der Waals surface area (Å²) < 4.78 is 5.49. The van der Waals surface area contributed by atoms with Crippen LogP contribution in [0.2, 0.25) is 0 Å². The molecule has 2 aliphatic heterocycles. The smallest absolute Gasteiger partial charge is 0.244 e. The zero-order valence-electron chi connectivity index (χ0n) is 14.7. The van der Waals surface area contributed by atoms with E-state index < -0.39 is 6.10 Å². The summed E-state index contributed by atoms with van der Waals surface area (Å²) in [4.78, 5) is 28.3. The van der Waals surface area contributed by atoms with Gasteiger partial charge in [-0.05, 0) is 19.3 Å². The van der Waals surface area contributed by atoms with E-state index in [0.29, 0.717) is 36.4 Å². The molecule has 1 N–H and O–H groups in total. The topological polar surface area (TPSA) is 108 Å². The molecule has 138 valence electrons. The highest BCUT2D eigenvalue weighted by molar-refractivity contribution is 5.73. The minimum Gasteiger partial charge on any atom is -0.392 e. The molecule has 2 atom stereocenters. The first-order valence-corrected chi connectivity index (χ1v) is 8.91. The van der Waals surface area contributed by atoms with Crippen LogP contribution in [0.4, 0.5) is 0 Å². The number of hydrogen-bond acceptors (Lipinski definition) is 8. The normalized spacial score (nSPS) is 24.9. The Morgan fingerprint density at radius 2 is 2.12 bits per heavy atom. The molecule has 2 aromatic rings. The van der Waals surface area contributed by atoms with Gasteiger partial charge in [-0.2, -0.15) is 4.98 Å². The lowest BCUT2D eigenvalue weighted by Crippen LogP contribution is -2.46. The molecule has 1 amide bonds. The van der Waals surface area contributed by atoms with Crippen LogP contribution in [0.5, 0.6) is 0 Å². The maximum atomic E-state index is 11.5. The molecule has 2 aromatic heterocycles. The number of aliphatic hydroxyl groups excluding tert-OH is 1. The third kappa shape index (κ3) is 3.32. The number of amides is 1. The van der Waals surface area contributed by atoms with Crippen molar-refractivity contribution in [3.8, 4) is 11.5 Å². The van der Waals surface area contributed by atoms with Gasteiger partial charge in [0.05, 0.1) is 18.3 Å². The first-order chi connectivity index (χ1) is 12.6. The van der Waals surface area contributed by atoms with Gasteiger partial charge < -0.3 is 14.5 Å². The molecule has 2 aliphatic rings. The molecular formula is C17H22N6O3. The second kappa shape index (κ2) is 7.08. The summed E-state index contributed by atoms with van der Waals surface area (Å²) in [6.07, 6.45) is 6.68. The number of piperidine rings is 1. The van der Waals surface area contributed by atoms with E-state index in [1.807, 2.05) is 4.90 Å². The number of hydrogen-bond donors (Lipinski definition) is 1. The van der Waals surface area contributed by atoms with Crippen molar-refractivity contribution in [1.82, 2.24) is 29.9 Å². The molecule has 4 heterocycles. The zero-order chi connectivity index (χ0) is 18.1. The van der Waals surface area contributed by atoms with Crippen LogP contribution in [0.1, 0.15) is 38.1 Å². The van der Waals surface area contributed by atoms with Crippen molar-refractivity contribution >= 4 is 5.91 Å². The molecule has 0 spiro atoms. The Morgan fingerprint density at radius 3 is 2.81 bits per heavy atom. The largest absolute Gasteiger partial charge is 0.392 e. The van der Waals surface area contributed by atoms with Gasteiger partial charge in [-0.15, -0.1) is 0 Å². The number of aliphatic hydroxyl groups is 1. The van der Waals surface area contributed by atoms with Crippen molar-refractivity contribution in [1.29, 1.82) is 0 Å². The Hall–Kier alpha value is -2.39. The Labute approximate surface area is 151 Å². The molecule has 2 fully saturated rings. The molecule has 0 aromatic carbocycles. The predicted molar refractivity (Wildman–Crippen MR) is 90.7 cm³/mol. The molecule has 9 nitrogen and oxygen atoms in total. The predicted octanol–water partition coefficient (Wildman–Crippen LogP) is 0.645. The molecule has 9 heteroatoms. The highest BCUT2D eigenvalue weighted by Gasteiger charge is 2.40. The molecule has 2 saturated heterocycles. The lowest BCUT2D eigenvalue weighted by Gasteiger charge is -2.38. The van der Waals surface area contributed by atoms with Crippen molar-refractivity contribution in [2.75, 3.05) is 19.6 Å². The number of carbonyl (C=O) groups excluding carboxylic acids is 1. The molecule has 26 heavy (non-hydrogen) atoms. The number of carbonyl (C=O) groups is 1. The van der Waals surface area contributed by atoms with Crippen molar-refractivity contribution in [2.24, 2.45) is 0 Å². The van der Waals surface area contributed by atoms with Gasteiger partial charge >= 0.3 is 0 Å². The van der Waals surface area contributed by atoms with E-state index >= 15 is 0 Å². The van der Waals surface area contributed by atoms with Crippen LogP contribution >= 0.6 is 0 Å². The molecule has 4 rings (SSSR count).